The Bertz CT molecular complexity index is 1380. The average molecular weight is 508 g/mol. The third-order valence-corrected chi connectivity index (χ3v) is 7.41. The lowest BCUT2D eigenvalue weighted by Gasteiger charge is -2.15. The quantitative estimate of drug-likeness (QED) is 0.315. The van der Waals surface area contributed by atoms with E-state index in [1.54, 1.807) is 62.3 Å². The Morgan fingerprint density at radius 2 is 1.75 bits per heavy atom. The number of carbonyl (C=O) groups is 2. The number of carbonyl (C=O) groups excluding carboxylic acids is 2. The molecule has 4 rings (SSSR count). The summed E-state index contributed by atoms with van der Waals surface area (Å²) >= 11 is 1.56. The molecule has 1 aliphatic rings. The maximum Gasteiger partial charge on any atom is 0.276 e. The highest BCUT2D eigenvalue weighted by Gasteiger charge is 2.39. The molecule has 0 N–H and O–H groups in total. The topological polar surface area (TPSA) is 90.7 Å². The van der Waals surface area contributed by atoms with Gasteiger partial charge < -0.3 is 14.0 Å². The van der Waals surface area contributed by atoms with Crippen LogP contribution in [0.5, 0.6) is 11.5 Å². The molecule has 1 atom stereocenters. The zero-order valence-corrected chi connectivity index (χ0v) is 21.6. The fourth-order valence-corrected chi connectivity index (χ4v) is 5.32. The number of amides is 2. The van der Waals surface area contributed by atoms with E-state index in [1.807, 2.05) is 12.1 Å². The van der Waals surface area contributed by atoms with Crippen molar-refractivity contribution < 1.29 is 19.1 Å². The van der Waals surface area contributed by atoms with E-state index in [0.717, 1.165) is 24.2 Å². The number of hydrogen-bond donors (Lipinski definition) is 0. The minimum absolute atomic E-state index is 0.152. The lowest BCUT2D eigenvalue weighted by Crippen LogP contribution is -2.31. The van der Waals surface area contributed by atoms with Gasteiger partial charge in [0.15, 0.2) is 11.5 Å². The summed E-state index contributed by atoms with van der Waals surface area (Å²) in [4.78, 5) is 44.0. The van der Waals surface area contributed by atoms with Crippen molar-refractivity contribution in [1.29, 1.82) is 0 Å². The number of ether oxygens (including phenoxy) is 2. The Morgan fingerprint density at radius 3 is 2.42 bits per heavy atom. The fraction of sp³-hybridized carbons (Fsp3) is 0.333. The Hall–Kier alpha value is -3.59. The molecule has 0 bridgehead atoms. The van der Waals surface area contributed by atoms with Crippen molar-refractivity contribution in [3.8, 4) is 11.5 Å². The first-order valence-electron chi connectivity index (χ1n) is 11.8. The maximum atomic E-state index is 12.9. The van der Waals surface area contributed by atoms with Crippen LogP contribution in [0.2, 0.25) is 0 Å². The highest BCUT2D eigenvalue weighted by atomic mass is 32.2. The van der Waals surface area contributed by atoms with Gasteiger partial charge in [0.25, 0.3) is 5.56 Å². The molecular weight excluding hydrogens is 478 g/mol. The number of hydrogen-bond acceptors (Lipinski definition) is 7. The molecule has 1 fully saturated rings. The predicted molar refractivity (Wildman–Crippen MR) is 144 cm³/mol. The number of imide groups is 1. The van der Waals surface area contributed by atoms with Crippen molar-refractivity contribution in [3.05, 3.63) is 58.0 Å². The monoisotopic (exact) mass is 507 g/mol. The summed E-state index contributed by atoms with van der Waals surface area (Å²) in [5, 5.41) is -0.308. The van der Waals surface area contributed by atoms with Crippen LogP contribution in [0.1, 0.15) is 37.4 Å². The van der Waals surface area contributed by atoms with Gasteiger partial charge in [-0.1, -0.05) is 31.6 Å². The van der Waals surface area contributed by atoms with E-state index in [9.17, 15) is 14.4 Å². The summed E-state index contributed by atoms with van der Waals surface area (Å²) in [7, 11) is 4.77. The molecule has 1 aromatic heterocycles. The van der Waals surface area contributed by atoms with Gasteiger partial charge in [-0.25, -0.2) is 9.88 Å². The number of aryl methyl sites for hydroxylation is 1. The van der Waals surface area contributed by atoms with Crippen LogP contribution >= 0.6 is 11.8 Å². The van der Waals surface area contributed by atoms with Gasteiger partial charge in [-0.05, 0) is 35.9 Å². The number of aromatic nitrogens is 2. The summed E-state index contributed by atoms with van der Waals surface area (Å²) in [6.45, 7) is 2.10. The minimum Gasteiger partial charge on any atom is -0.493 e. The highest BCUT2D eigenvalue weighted by Crippen LogP contribution is 2.32. The number of nitrogens with zero attached hydrogens (tertiary/aromatic N) is 3. The van der Waals surface area contributed by atoms with E-state index in [4.69, 9.17) is 9.47 Å². The summed E-state index contributed by atoms with van der Waals surface area (Å²) in [5.41, 5.74) is 2.62. The zero-order chi connectivity index (χ0) is 25.8. The number of unbranched alkanes of at least 4 members (excludes halogenated alkanes) is 1. The molecule has 2 aromatic carbocycles. The van der Waals surface area contributed by atoms with Gasteiger partial charge in [-0.2, -0.15) is 0 Å². The molecule has 188 valence electrons. The van der Waals surface area contributed by atoms with Crippen LogP contribution in [0, 0.1) is 0 Å². The molecule has 0 aliphatic carbocycles. The molecule has 9 heteroatoms. The zero-order valence-electron chi connectivity index (χ0n) is 20.8. The lowest BCUT2D eigenvalue weighted by molar-refractivity contribution is -0.121. The van der Waals surface area contributed by atoms with E-state index in [0.29, 0.717) is 28.2 Å². The molecule has 8 nitrogen and oxygen atoms in total. The molecule has 0 saturated carbocycles. The molecule has 1 aliphatic heterocycles. The Kier molecular flexibility index (Phi) is 7.79. The second kappa shape index (κ2) is 11.0. The first-order valence-corrected chi connectivity index (χ1v) is 12.8. The van der Waals surface area contributed by atoms with E-state index in [-0.39, 0.29) is 34.7 Å². The number of fused-ring (bicyclic) bond motifs is 1. The van der Waals surface area contributed by atoms with Crippen molar-refractivity contribution in [2.45, 2.75) is 31.4 Å². The fourth-order valence-electron chi connectivity index (χ4n) is 4.07. The predicted octanol–water partition coefficient (Wildman–Crippen LogP) is 4.29. The van der Waals surface area contributed by atoms with Crippen molar-refractivity contribution in [3.63, 3.8) is 0 Å². The van der Waals surface area contributed by atoms with Gasteiger partial charge in [-0.3, -0.25) is 14.4 Å². The van der Waals surface area contributed by atoms with E-state index in [2.05, 4.69) is 11.9 Å². The Labute approximate surface area is 213 Å². The summed E-state index contributed by atoms with van der Waals surface area (Å²) in [6.07, 6.45) is 5.75. The number of methoxy groups -OCH3 is 2. The molecule has 36 heavy (non-hydrogen) atoms. The molecule has 2 heterocycles. The van der Waals surface area contributed by atoms with Gasteiger partial charge >= 0.3 is 0 Å². The van der Waals surface area contributed by atoms with Crippen molar-refractivity contribution >= 4 is 52.4 Å². The molecule has 1 saturated heterocycles. The number of thioether (sulfide) groups is 1. The van der Waals surface area contributed by atoms with Gasteiger partial charge in [0.2, 0.25) is 11.8 Å². The third-order valence-electron chi connectivity index (χ3n) is 6.11. The number of rotatable bonds is 9. The Balaban J connectivity index is 1.55. The van der Waals surface area contributed by atoms with Crippen molar-refractivity contribution in [2.75, 3.05) is 24.9 Å². The standard InChI is InChI=1S/C27H29N3O5S/c1-5-6-13-36-24-16-25(31)30(27(24)33)18-10-7-17(8-11-18)9-12-19-26(32)29(2)21-15-23(35-4)22(34-3)14-20(21)28-19/h7-12,14-15,24H,5-6,13,16H2,1-4H3/b12-9+. The second-order valence-corrected chi connectivity index (χ2v) is 9.78. The normalized spacial score (nSPS) is 15.9. The first-order chi connectivity index (χ1) is 17.4. The number of anilines is 1. The summed E-state index contributed by atoms with van der Waals surface area (Å²) in [5.74, 6) is 1.60. The van der Waals surface area contributed by atoms with E-state index in [1.165, 1.54) is 16.6 Å². The van der Waals surface area contributed by atoms with Crippen LogP contribution in [-0.4, -0.2) is 46.6 Å². The van der Waals surface area contributed by atoms with Crippen LogP contribution in [0.25, 0.3) is 23.2 Å². The van der Waals surface area contributed by atoms with Gasteiger partial charge in [0, 0.05) is 25.6 Å². The third kappa shape index (κ3) is 5.02. The minimum atomic E-state index is -0.308. The SMILES string of the molecule is CCCCSC1CC(=O)N(c2ccc(/C=C/c3nc4cc(OC)c(OC)cc4n(C)c3=O)cc2)C1=O. The van der Waals surface area contributed by atoms with Gasteiger partial charge in [-0.15, -0.1) is 11.8 Å². The average Bonchev–Trinajstić information content (AvgIpc) is 3.17. The highest BCUT2D eigenvalue weighted by molar-refractivity contribution is 8.00. The molecule has 0 radical (unpaired) electrons. The number of benzene rings is 2. The van der Waals surface area contributed by atoms with Crippen LogP contribution in [0.15, 0.2) is 41.2 Å². The van der Waals surface area contributed by atoms with E-state index < -0.39 is 0 Å². The van der Waals surface area contributed by atoms with Crippen LogP contribution in [-0.2, 0) is 16.6 Å². The Morgan fingerprint density at radius 1 is 1.06 bits per heavy atom. The molecule has 2 amide bonds. The second-order valence-electron chi connectivity index (χ2n) is 8.47. The van der Waals surface area contributed by atoms with Crippen molar-refractivity contribution in [2.24, 2.45) is 7.05 Å². The smallest absolute Gasteiger partial charge is 0.276 e. The largest absolute Gasteiger partial charge is 0.493 e. The summed E-state index contributed by atoms with van der Waals surface area (Å²) < 4.78 is 12.2. The maximum absolute atomic E-state index is 12.9. The van der Waals surface area contributed by atoms with Gasteiger partial charge in [0.1, 0.15) is 5.69 Å². The van der Waals surface area contributed by atoms with Crippen LogP contribution in [0.4, 0.5) is 5.69 Å². The summed E-state index contributed by atoms with van der Waals surface area (Å²) in [6, 6.07) is 10.6. The molecular formula is C27H29N3O5S. The molecule has 3 aromatic rings. The van der Waals surface area contributed by atoms with E-state index >= 15 is 0 Å². The van der Waals surface area contributed by atoms with Crippen molar-refractivity contribution in [1.82, 2.24) is 9.55 Å². The first kappa shape index (κ1) is 25.5. The molecule has 1 unspecified atom stereocenters. The lowest BCUT2D eigenvalue weighted by atomic mass is 10.1. The van der Waals surface area contributed by atoms with Crippen LogP contribution < -0.4 is 19.9 Å². The van der Waals surface area contributed by atoms with Gasteiger partial charge in [0.05, 0.1) is 36.2 Å². The van der Waals surface area contributed by atoms with Crippen LogP contribution in [0.3, 0.4) is 0 Å². The molecule has 0 spiro atoms.